The summed E-state index contributed by atoms with van der Waals surface area (Å²) in [5.41, 5.74) is 1.05. The summed E-state index contributed by atoms with van der Waals surface area (Å²) in [6, 6.07) is 4.94. The minimum absolute atomic E-state index is 0.409. The van der Waals surface area contributed by atoms with Crippen LogP contribution in [-0.2, 0) is 4.79 Å². The van der Waals surface area contributed by atoms with E-state index in [4.69, 9.17) is 16.3 Å². The van der Waals surface area contributed by atoms with Gasteiger partial charge in [0.25, 0.3) is 5.91 Å². The van der Waals surface area contributed by atoms with Crippen LogP contribution in [0.5, 0.6) is 5.75 Å². The van der Waals surface area contributed by atoms with Crippen molar-refractivity contribution in [1.82, 2.24) is 10.6 Å². The van der Waals surface area contributed by atoms with Crippen molar-refractivity contribution in [1.29, 1.82) is 0 Å². The molecule has 1 saturated carbocycles. The number of carbonyl (C=O) groups is 2. The number of carbonyl (C=O) groups excluding carboxylic acids is 2. The molecule has 2 N–H and O–H groups in total. The van der Waals surface area contributed by atoms with E-state index >= 15 is 0 Å². The van der Waals surface area contributed by atoms with E-state index in [0.717, 1.165) is 18.4 Å². The van der Waals surface area contributed by atoms with Crippen LogP contribution >= 0.6 is 11.6 Å². The fraction of sp³-hybridized carbons (Fsp3) is 0.529. The maximum Gasteiger partial charge on any atom is 0.321 e. The predicted molar refractivity (Wildman–Crippen MR) is 90.0 cm³/mol. The first kappa shape index (κ1) is 17.6. The van der Waals surface area contributed by atoms with E-state index in [9.17, 15) is 9.59 Å². The summed E-state index contributed by atoms with van der Waals surface area (Å²) < 4.78 is 5.81. The lowest BCUT2D eigenvalue weighted by atomic mass is 9.83. The Morgan fingerprint density at radius 3 is 2.61 bits per heavy atom. The monoisotopic (exact) mass is 338 g/mol. The largest absolute Gasteiger partial charge is 0.481 e. The fourth-order valence-corrected chi connectivity index (χ4v) is 3.06. The van der Waals surface area contributed by atoms with Crippen molar-refractivity contribution >= 4 is 23.5 Å². The Kier molecular flexibility index (Phi) is 6.28. The molecule has 23 heavy (non-hydrogen) atoms. The third-order valence-corrected chi connectivity index (χ3v) is 4.39. The van der Waals surface area contributed by atoms with E-state index in [-0.39, 0.29) is 0 Å². The number of hydrogen-bond donors (Lipinski definition) is 2. The molecule has 2 rings (SSSR count). The first-order valence-electron chi connectivity index (χ1n) is 8.00. The van der Waals surface area contributed by atoms with Gasteiger partial charge in [0.05, 0.1) is 0 Å². The highest BCUT2D eigenvalue weighted by Crippen LogP contribution is 2.39. The average Bonchev–Trinajstić information content (AvgIpc) is 2.56. The molecule has 1 fully saturated rings. The number of nitrogens with one attached hydrogen (secondary N) is 2. The Bertz CT molecular complexity index is 571. The normalized spacial score (nSPS) is 16.5. The van der Waals surface area contributed by atoms with E-state index < -0.39 is 18.0 Å². The lowest BCUT2D eigenvalue weighted by Crippen LogP contribution is -2.44. The van der Waals surface area contributed by atoms with Gasteiger partial charge in [0.2, 0.25) is 0 Å². The number of ether oxygens (including phenoxy) is 1. The number of hydrogen-bond acceptors (Lipinski definition) is 3. The minimum Gasteiger partial charge on any atom is -0.481 e. The molecule has 1 aromatic carbocycles. The maximum absolute atomic E-state index is 11.9. The average molecular weight is 339 g/mol. The van der Waals surface area contributed by atoms with Crippen LogP contribution in [-0.4, -0.2) is 25.1 Å². The summed E-state index contributed by atoms with van der Waals surface area (Å²) in [4.78, 5) is 23.2. The molecule has 6 heteroatoms. The minimum atomic E-state index is -0.768. The van der Waals surface area contributed by atoms with Gasteiger partial charge >= 0.3 is 6.03 Å². The van der Waals surface area contributed by atoms with Gasteiger partial charge in [-0.3, -0.25) is 10.1 Å². The quantitative estimate of drug-likeness (QED) is 0.881. The van der Waals surface area contributed by atoms with E-state index in [1.807, 2.05) is 6.07 Å². The molecule has 0 aromatic heterocycles. The molecule has 1 aromatic rings. The van der Waals surface area contributed by atoms with Gasteiger partial charge in [0.15, 0.2) is 6.10 Å². The molecule has 5 nitrogen and oxygen atoms in total. The number of amides is 3. The Hall–Kier alpha value is -1.75. The topological polar surface area (TPSA) is 67.4 Å². The zero-order valence-corrected chi connectivity index (χ0v) is 14.3. The summed E-state index contributed by atoms with van der Waals surface area (Å²) in [5, 5.41) is 5.23. The molecule has 0 radical (unpaired) electrons. The summed E-state index contributed by atoms with van der Waals surface area (Å²) in [5.74, 6) is 0.599. The lowest BCUT2D eigenvalue weighted by molar-refractivity contribution is -0.126. The van der Waals surface area contributed by atoms with Crippen LogP contribution < -0.4 is 15.4 Å². The van der Waals surface area contributed by atoms with Crippen LogP contribution in [0.3, 0.4) is 0 Å². The zero-order valence-electron chi connectivity index (χ0n) is 13.5. The molecular weight excluding hydrogens is 316 g/mol. The molecule has 1 aliphatic carbocycles. The van der Waals surface area contributed by atoms with E-state index in [2.05, 4.69) is 10.6 Å². The first-order chi connectivity index (χ1) is 11.0. The summed E-state index contributed by atoms with van der Waals surface area (Å²) in [6.45, 7) is 1.62. The number of halogens is 1. The molecule has 3 amide bonds. The highest BCUT2D eigenvalue weighted by molar-refractivity contribution is 6.30. The smallest absolute Gasteiger partial charge is 0.321 e. The van der Waals surface area contributed by atoms with Crippen molar-refractivity contribution in [2.24, 2.45) is 0 Å². The van der Waals surface area contributed by atoms with Crippen LogP contribution in [0.25, 0.3) is 0 Å². The second kappa shape index (κ2) is 8.20. The predicted octanol–water partition coefficient (Wildman–Crippen LogP) is 3.61. The summed E-state index contributed by atoms with van der Waals surface area (Å²) in [6.07, 6.45) is 5.10. The number of rotatable bonds is 4. The Balaban J connectivity index is 2.12. The lowest BCUT2D eigenvalue weighted by Gasteiger charge is -2.25. The molecule has 0 heterocycles. The standard InChI is InChI=1S/C17H23ClN2O3/c1-11(16(21)20-17(22)19-2)23-15-9-8-13(18)10-14(15)12-6-4-3-5-7-12/h8-12H,3-7H2,1-2H3,(H2,19,20,21,22)/t11-/m1/s1. The van der Waals surface area contributed by atoms with Gasteiger partial charge in [-0.15, -0.1) is 0 Å². The van der Waals surface area contributed by atoms with Crippen molar-refractivity contribution in [3.63, 3.8) is 0 Å². The third-order valence-electron chi connectivity index (χ3n) is 4.15. The second-order valence-corrected chi connectivity index (χ2v) is 6.28. The number of benzene rings is 1. The maximum atomic E-state index is 11.9. The van der Waals surface area contributed by atoms with E-state index in [1.54, 1.807) is 19.1 Å². The van der Waals surface area contributed by atoms with Crippen molar-refractivity contribution in [3.05, 3.63) is 28.8 Å². The van der Waals surface area contributed by atoms with Crippen molar-refractivity contribution in [2.45, 2.75) is 51.0 Å². The molecule has 0 bridgehead atoms. The molecular formula is C17H23ClN2O3. The highest BCUT2D eigenvalue weighted by Gasteiger charge is 2.23. The van der Waals surface area contributed by atoms with Crippen molar-refractivity contribution < 1.29 is 14.3 Å². The van der Waals surface area contributed by atoms with Crippen molar-refractivity contribution in [3.8, 4) is 5.75 Å². The van der Waals surface area contributed by atoms with Gasteiger partial charge in [0, 0.05) is 12.1 Å². The molecule has 0 saturated heterocycles. The molecule has 0 spiro atoms. The van der Waals surface area contributed by atoms with Gasteiger partial charge in [-0.1, -0.05) is 30.9 Å². The van der Waals surface area contributed by atoms with Gasteiger partial charge in [-0.2, -0.15) is 0 Å². The molecule has 1 aliphatic rings. The van der Waals surface area contributed by atoms with Gasteiger partial charge in [0.1, 0.15) is 5.75 Å². The number of imide groups is 1. The Labute approximate surface area is 141 Å². The molecule has 1 atom stereocenters. The fourth-order valence-electron chi connectivity index (χ4n) is 2.88. The van der Waals surface area contributed by atoms with Crippen LogP contribution in [0.4, 0.5) is 4.79 Å². The van der Waals surface area contributed by atoms with Gasteiger partial charge < -0.3 is 10.1 Å². The first-order valence-corrected chi connectivity index (χ1v) is 8.37. The van der Waals surface area contributed by atoms with Crippen molar-refractivity contribution in [2.75, 3.05) is 7.05 Å². The Morgan fingerprint density at radius 1 is 1.26 bits per heavy atom. The number of urea groups is 1. The second-order valence-electron chi connectivity index (χ2n) is 5.85. The van der Waals surface area contributed by atoms with Gasteiger partial charge in [-0.25, -0.2) is 4.79 Å². The van der Waals surface area contributed by atoms with Crippen LogP contribution in [0.15, 0.2) is 18.2 Å². The summed E-state index contributed by atoms with van der Waals surface area (Å²) in [7, 11) is 1.45. The van der Waals surface area contributed by atoms with E-state index in [1.165, 1.54) is 26.3 Å². The molecule has 0 aliphatic heterocycles. The van der Waals surface area contributed by atoms with Gasteiger partial charge in [-0.05, 0) is 49.4 Å². The third kappa shape index (κ3) is 4.86. The van der Waals surface area contributed by atoms with E-state index in [0.29, 0.717) is 16.7 Å². The SMILES string of the molecule is CNC(=O)NC(=O)[C@@H](C)Oc1ccc(Cl)cc1C1CCCCC1. The zero-order chi connectivity index (χ0) is 16.8. The summed E-state index contributed by atoms with van der Waals surface area (Å²) >= 11 is 6.14. The molecule has 0 unspecified atom stereocenters. The van der Waals surface area contributed by atoms with Crippen LogP contribution in [0.1, 0.15) is 50.5 Å². The Morgan fingerprint density at radius 2 is 1.96 bits per heavy atom. The highest BCUT2D eigenvalue weighted by atomic mass is 35.5. The van der Waals surface area contributed by atoms with Crippen LogP contribution in [0.2, 0.25) is 5.02 Å². The molecule has 126 valence electrons. The van der Waals surface area contributed by atoms with Crippen LogP contribution in [0, 0.1) is 0 Å².